The van der Waals surface area contributed by atoms with Crippen LogP contribution in [0.2, 0.25) is 0 Å². The highest BCUT2D eigenvalue weighted by Gasteiger charge is 2.30. The molecule has 0 aromatic heterocycles. The first-order valence-corrected chi connectivity index (χ1v) is 8.39. The van der Waals surface area contributed by atoms with Gasteiger partial charge in [0.2, 0.25) is 5.91 Å². The van der Waals surface area contributed by atoms with E-state index < -0.39 is 6.04 Å². The fourth-order valence-corrected chi connectivity index (χ4v) is 3.30. The van der Waals surface area contributed by atoms with Crippen molar-refractivity contribution in [1.29, 1.82) is 0 Å². The van der Waals surface area contributed by atoms with Crippen molar-refractivity contribution in [2.24, 2.45) is 5.73 Å². The summed E-state index contributed by atoms with van der Waals surface area (Å²) in [5.41, 5.74) is 8.50. The van der Waals surface area contributed by atoms with Crippen LogP contribution in [0.15, 0.2) is 54.6 Å². The van der Waals surface area contributed by atoms with Crippen molar-refractivity contribution in [2.75, 3.05) is 20.2 Å². The van der Waals surface area contributed by atoms with Gasteiger partial charge in [-0.2, -0.15) is 0 Å². The minimum Gasteiger partial charge on any atom is -0.497 e. The van der Waals surface area contributed by atoms with E-state index in [2.05, 4.69) is 12.1 Å². The Morgan fingerprint density at radius 3 is 2.58 bits per heavy atom. The zero-order chi connectivity index (χ0) is 16.9. The molecule has 3 rings (SSSR count). The number of nitrogens with zero attached hydrogens (tertiary/aromatic N) is 1. The van der Waals surface area contributed by atoms with Gasteiger partial charge in [-0.3, -0.25) is 4.79 Å². The van der Waals surface area contributed by atoms with Crippen molar-refractivity contribution >= 4 is 5.91 Å². The number of amides is 1. The molecule has 0 saturated carbocycles. The van der Waals surface area contributed by atoms with E-state index in [1.165, 1.54) is 5.56 Å². The second-order valence-electron chi connectivity index (χ2n) is 6.34. The zero-order valence-electron chi connectivity index (χ0n) is 14.0. The highest BCUT2D eigenvalue weighted by Crippen LogP contribution is 2.28. The third-order valence-electron chi connectivity index (χ3n) is 4.70. The van der Waals surface area contributed by atoms with Gasteiger partial charge >= 0.3 is 0 Å². The Labute approximate surface area is 143 Å². The number of rotatable bonds is 5. The molecule has 1 unspecified atom stereocenters. The number of carbonyl (C=O) groups excluding carboxylic acids is 1. The monoisotopic (exact) mass is 324 g/mol. The molecule has 1 aliphatic rings. The molecule has 1 aliphatic heterocycles. The number of hydrogen-bond donors (Lipinski definition) is 1. The SMILES string of the molecule is COc1ccc(C2CCN(C(=O)[C@@H](N)Cc3ccccc3)C2)cc1. The number of benzene rings is 2. The summed E-state index contributed by atoms with van der Waals surface area (Å²) in [4.78, 5) is 14.5. The molecule has 2 aromatic rings. The predicted molar refractivity (Wildman–Crippen MR) is 95.1 cm³/mol. The molecule has 0 aliphatic carbocycles. The summed E-state index contributed by atoms with van der Waals surface area (Å²) in [6, 6.07) is 17.6. The molecule has 4 heteroatoms. The fraction of sp³-hybridized carbons (Fsp3) is 0.350. The number of hydrogen-bond acceptors (Lipinski definition) is 3. The lowest BCUT2D eigenvalue weighted by molar-refractivity contribution is -0.131. The van der Waals surface area contributed by atoms with Crippen LogP contribution in [0, 0.1) is 0 Å². The number of nitrogens with two attached hydrogens (primary N) is 1. The molecule has 126 valence electrons. The van der Waals surface area contributed by atoms with E-state index in [0.717, 1.165) is 30.8 Å². The molecular formula is C20H24N2O2. The van der Waals surface area contributed by atoms with E-state index in [1.54, 1.807) is 7.11 Å². The van der Waals surface area contributed by atoms with Crippen molar-refractivity contribution in [3.05, 3.63) is 65.7 Å². The summed E-state index contributed by atoms with van der Waals surface area (Å²) in [5.74, 6) is 1.29. The maximum absolute atomic E-state index is 12.6. The molecule has 1 amide bonds. The van der Waals surface area contributed by atoms with Crippen LogP contribution in [0.1, 0.15) is 23.5 Å². The second-order valence-corrected chi connectivity index (χ2v) is 6.34. The summed E-state index contributed by atoms with van der Waals surface area (Å²) < 4.78 is 5.20. The minimum atomic E-state index is -0.470. The Bertz CT molecular complexity index is 670. The molecule has 0 spiro atoms. The maximum Gasteiger partial charge on any atom is 0.239 e. The quantitative estimate of drug-likeness (QED) is 0.920. The van der Waals surface area contributed by atoms with Crippen LogP contribution in [0.4, 0.5) is 0 Å². The van der Waals surface area contributed by atoms with E-state index in [0.29, 0.717) is 12.3 Å². The molecule has 1 heterocycles. The second kappa shape index (κ2) is 7.49. The summed E-state index contributed by atoms with van der Waals surface area (Å²) in [5, 5.41) is 0. The Morgan fingerprint density at radius 2 is 1.92 bits per heavy atom. The first kappa shape index (κ1) is 16.5. The maximum atomic E-state index is 12.6. The van der Waals surface area contributed by atoms with Crippen molar-refractivity contribution in [2.45, 2.75) is 24.8 Å². The highest BCUT2D eigenvalue weighted by molar-refractivity contribution is 5.82. The summed E-state index contributed by atoms with van der Waals surface area (Å²) >= 11 is 0. The van der Waals surface area contributed by atoms with Crippen LogP contribution in [-0.4, -0.2) is 37.0 Å². The van der Waals surface area contributed by atoms with Gasteiger partial charge in [-0.05, 0) is 36.1 Å². The van der Waals surface area contributed by atoms with Crippen molar-refractivity contribution < 1.29 is 9.53 Å². The van der Waals surface area contributed by atoms with Gasteiger partial charge in [0.1, 0.15) is 5.75 Å². The van der Waals surface area contributed by atoms with Gasteiger partial charge in [0.15, 0.2) is 0 Å². The molecule has 2 aromatic carbocycles. The van der Waals surface area contributed by atoms with Crippen LogP contribution in [0.3, 0.4) is 0 Å². The third-order valence-corrected chi connectivity index (χ3v) is 4.70. The normalized spacial score (nSPS) is 18.4. The average molecular weight is 324 g/mol. The first-order valence-electron chi connectivity index (χ1n) is 8.39. The van der Waals surface area contributed by atoms with Gasteiger partial charge in [0, 0.05) is 19.0 Å². The lowest BCUT2D eigenvalue weighted by atomic mass is 9.98. The van der Waals surface area contributed by atoms with Crippen LogP contribution in [0.25, 0.3) is 0 Å². The van der Waals surface area contributed by atoms with Gasteiger partial charge in [0.25, 0.3) is 0 Å². The Balaban J connectivity index is 1.58. The van der Waals surface area contributed by atoms with Crippen molar-refractivity contribution in [3.8, 4) is 5.75 Å². The van der Waals surface area contributed by atoms with Crippen LogP contribution >= 0.6 is 0 Å². The number of methoxy groups -OCH3 is 1. The average Bonchev–Trinajstić information content (AvgIpc) is 3.12. The van der Waals surface area contributed by atoms with Gasteiger partial charge in [0.05, 0.1) is 13.2 Å². The summed E-state index contributed by atoms with van der Waals surface area (Å²) in [7, 11) is 1.67. The number of ether oxygens (including phenoxy) is 1. The van der Waals surface area contributed by atoms with Crippen LogP contribution in [-0.2, 0) is 11.2 Å². The fourth-order valence-electron chi connectivity index (χ4n) is 3.30. The third kappa shape index (κ3) is 3.77. The van der Waals surface area contributed by atoms with E-state index >= 15 is 0 Å². The van der Waals surface area contributed by atoms with Gasteiger partial charge in [-0.25, -0.2) is 0 Å². The molecule has 1 fully saturated rings. The Morgan fingerprint density at radius 1 is 1.21 bits per heavy atom. The van der Waals surface area contributed by atoms with Gasteiger partial charge < -0.3 is 15.4 Å². The molecule has 4 nitrogen and oxygen atoms in total. The van der Waals surface area contributed by atoms with E-state index in [9.17, 15) is 4.79 Å². The molecule has 0 bridgehead atoms. The van der Waals surface area contributed by atoms with E-state index in [4.69, 9.17) is 10.5 Å². The molecule has 1 saturated heterocycles. The molecule has 24 heavy (non-hydrogen) atoms. The Hall–Kier alpha value is -2.33. The largest absolute Gasteiger partial charge is 0.497 e. The number of likely N-dealkylation sites (tertiary alicyclic amines) is 1. The topological polar surface area (TPSA) is 55.6 Å². The smallest absolute Gasteiger partial charge is 0.239 e. The van der Waals surface area contributed by atoms with Crippen molar-refractivity contribution in [1.82, 2.24) is 4.90 Å². The highest BCUT2D eigenvalue weighted by atomic mass is 16.5. The lowest BCUT2D eigenvalue weighted by Gasteiger charge is -2.21. The van der Waals surface area contributed by atoms with E-state index in [-0.39, 0.29) is 5.91 Å². The molecule has 2 atom stereocenters. The number of carbonyl (C=O) groups is 1. The van der Waals surface area contributed by atoms with Crippen LogP contribution in [0.5, 0.6) is 5.75 Å². The zero-order valence-corrected chi connectivity index (χ0v) is 14.0. The minimum absolute atomic E-state index is 0.0508. The predicted octanol–water partition coefficient (Wildman–Crippen LogP) is 2.58. The molecule has 0 radical (unpaired) electrons. The van der Waals surface area contributed by atoms with Crippen molar-refractivity contribution in [3.63, 3.8) is 0 Å². The van der Waals surface area contributed by atoms with Gasteiger partial charge in [-0.1, -0.05) is 42.5 Å². The summed E-state index contributed by atoms with van der Waals surface area (Å²) in [6.07, 6.45) is 1.57. The van der Waals surface area contributed by atoms with Crippen LogP contribution < -0.4 is 10.5 Å². The molecule has 2 N–H and O–H groups in total. The van der Waals surface area contributed by atoms with Gasteiger partial charge in [-0.15, -0.1) is 0 Å². The standard InChI is InChI=1S/C20H24N2O2/c1-24-18-9-7-16(8-10-18)17-11-12-22(14-17)20(23)19(21)13-15-5-3-2-4-6-15/h2-10,17,19H,11-14,21H2,1H3/t17?,19-/m0/s1. The summed E-state index contributed by atoms with van der Waals surface area (Å²) in [6.45, 7) is 1.52. The Kier molecular flexibility index (Phi) is 5.16. The van der Waals surface area contributed by atoms with E-state index in [1.807, 2.05) is 47.4 Å². The molecular weight excluding hydrogens is 300 g/mol. The lowest BCUT2D eigenvalue weighted by Crippen LogP contribution is -2.43. The first-order chi connectivity index (χ1) is 11.7.